The minimum atomic E-state index is -1.12. The van der Waals surface area contributed by atoms with Crippen molar-refractivity contribution in [2.45, 2.75) is 115 Å². The third kappa shape index (κ3) is 7.52. The van der Waals surface area contributed by atoms with Crippen LogP contribution >= 0.6 is 0 Å². The van der Waals surface area contributed by atoms with E-state index >= 15 is 0 Å². The SMILES string of the molecule is CCCC(NC(=O)C(Cc1c(C#N)[nH]c2ccccc12)NC(=O)C(NC(=O)N1C(C)CCCC1C)C1CCCC1)C(=O)OC. The molecule has 2 aromatic rings. The Hall–Kier alpha value is -4.07. The highest BCUT2D eigenvalue weighted by molar-refractivity contribution is 5.95. The van der Waals surface area contributed by atoms with Crippen LogP contribution in [-0.4, -0.2) is 71.0 Å². The summed E-state index contributed by atoms with van der Waals surface area (Å²) in [5.41, 5.74) is 1.62. The molecule has 11 heteroatoms. The molecule has 4 N–H and O–H groups in total. The maximum atomic E-state index is 14.1. The molecule has 44 heavy (non-hydrogen) atoms. The molecule has 2 fully saturated rings. The Balaban J connectivity index is 1.64. The number of carbonyl (C=O) groups is 4. The molecule has 1 aromatic carbocycles. The van der Waals surface area contributed by atoms with Crippen molar-refractivity contribution in [3.8, 4) is 6.07 Å². The zero-order chi connectivity index (χ0) is 31.8. The van der Waals surface area contributed by atoms with E-state index in [2.05, 4.69) is 27.0 Å². The number of esters is 1. The van der Waals surface area contributed by atoms with Gasteiger partial charge in [0.25, 0.3) is 0 Å². The standard InChI is InChI=1S/C33H46N6O5/c1-5-11-26(32(42)44-4)36-30(40)27(18-24-23-16-8-9-17-25(23)35-28(24)19-34)37-31(41)29(22-14-6-7-15-22)38-33(43)39-20(2)12-10-13-21(39)3/h8-9,16-17,20-22,26-27,29,35H,5-7,10-15,18H2,1-4H3,(H,36,40)(H,37,41)(H,38,43). The lowest BCUT2D eigenvalue weighted by Crippen LogP contribution is -2.61. The molecular formula is C33H46N6O5. The fourth-order valence-corrected chi connectivity index (χ4v) is 6.85. The third-order valence-electron chi connectivity index (χ3n) is 9.21. The summed E-state index contributed by atoms with van der Waals surface area (Å²) in [6, 6.07) is 6.58. The number of amides is 4. The smallest absolute Gasteiger partial charge is 0.328 e. The van der Waals surface area contributed by atoms with Gasteiger partial charge in [0.2, 0.25) is 11.8 Å². The first-order chi connectivity index (χ1) is 21.2. The highest BCUT2D eigenvalue weighted by atomic mass is 16.5. The van der Waals surface area contributed by atoms with Crippen LogP contribution in [0.5, 0.6) is 0 Å². The summed E-state index contributed by atoms with van der Waals surface area (Å²) in [5.74, 6) is -1.66. The van der Waals surface area contributed by atoms with Gasteiger partial charge >= 0.3 is 12.0 Å². The number of piperidine rings is 1. The predicted octanol–water partition coefficient (Wildman–Crippen LogP) is 4.06. The molecule has 1 aliphatic carbocycles. The second-order valence-electron chi connectivity index (χ2n) is 12.3. The molecule has 5 unspecified atom stereocenters. The van der Waals surface area contributed by atoms with E-state index < -0.39 is 35.9 Å². The number of rotatable bonds is 11. The summed E-state index contributed by atoms with van der Waals surface area (Å²) < 4.78 is 4.91. The van der Waals surface area contributed by atoms with Crippen LogP contribution in [0.25, 0.3) is 10.9 Å². The first-order valence-corrected chi connectivity index (χ1v) is 16.0. The first kappa shape index (κ1) is 32.8. The van der Waals surface area contributed by atoms with Gasteiger partial charge in [0.15, 0.2) is 0 Å². The van der Waals surface area contributed by atoms with Crippen LogP contribution in [0.4, 0.5) is 4.79 Å². The Labute approximate surface area is 259 Å². The van der Waals surface area contributed by atoms with Crippen LogP contribution in [-0.2, 0) is 25.5 Å². The van der Waals surface area contributed by atoms with Crippen LogP contribution in [0.2, 0.25) is 0 Å². The summed E-state index contributed by atoms with van der Waals surface area (Å²) in [4.78, 5) is 58.9. The highest BCUT2D eigenvalue weighted by Crippen LogP contribution is 2.30. The van der Waals surface area contributed by atoms with Crippen molar-refractivity contribution in [3.63, 3.8) is 0 Å². The number of H-pyrrole nitrogens is 1. The number of nitrogens with one attached hydrogen (secondary N) is 4. The summed E-state index contributed by atoms with van der Waals surface area (Å²) in [6.07, 6.45) is 7.38. The lowest BCUT2D eigenvalue weighted by Gasteiger charge is -2.40. The van der Waals surface area contributed by atoms with Gasteiger partial charge in [0.05, 0.1) is 7.11 Å². The average Bonchev–Trinajstić information content (AvgIpc) is 3.67. The molecule has 11 nitrogen and oxygen atoms in total. The molecule has 4 rings (SSSR count). The highest BCUT2D eigenvalue weighted by Gasteiger charge is 2.38. The maximum absolute atomic E-state index is 14.1. The van der Waals surface area contributed by atoms with E-state index in [1.165, 1.54) is 7.11 Å². The molecule has 5 atom stereocenters. The number of methoxy groups -OCH3 is 1. The summed E-state index contributed by atoms with van der Waals surface area (Å²) in [5, 5.41) is 19.4. The van der Waals surface area contributed by atoms with Gasteiger partial charge in [-0.15, -0.1) is 0 Å². The Kier molecular flexibility index (Phi) is 11.3. The monoisotopic (exact) mass is 606 g/mol. The molecule has 1 aromatic heterocycles. The molecule has 1 saturated heterocycles. The van der Waals surface area contributed by atoms with Crippen LogP contribution in [0.1, 0.15) is 89.8 Å². The van der Waals surface area contributed by atoms with Crippen LogP contribution < -0.4 is 16.0 Å². The van der Waals surface area contributed by atoms with Crippen molar-refractivity contribution in [2.24, 2.45) is 5.92 Å². The van der Waals surface area contributed by atoms with Gasteiger partial charge < -0.3 is 30.6 Å². The summed E-state index contributed by atoms with van der Waals surface area (Å²) in [6.45, 7) is 5.95. The number of aromatic nitrogens is 1. The number of aromatic amines is 1. The average molecular weight is 607 g/mol. The van der Waals surface area contributed by atoms with Crippen molar-refractivity contribution < 1.29 is 23.9 Å². The van der Waals surface area contributed by atoms with E-state index in [0.29, 0.717) is 24.1 Å². The Bertz CT molecular complexity index is 1370. The van der Waals surface area contributed by atoms with Crippen molar-refractivity contribution in [3.05, 3.63) is 35.5 Å². The van der Waals surface area contributed by atoms with E-state index in [1.54, 1.807) is 0 Å². The number of ether oxygens (including phenoxy) is 1. The Morgan fingerprint density at radius 2 is 1.64 bits per heavy atom. The maximum Gasteiger partial charge on any atom is 0.328 e. The molecule has 2 heterocycles. The lowest BCUT2D eigenvalue weighted by atomic mass is 9.95. The van der Waals surface area contributed by atoms with E-state index in [0.717, 1.165) is 55.8 Å². The lowest BCUT2D eigenvalue weighted by molar-refractivity contribution is -0.145. The number of benzene rings is 1. The van der Waals surface area contributed by atoms with Crippen LogP contribution in [0, 0.1) is 17.2 Å². The number of urea groups is 1. The zero-order valence-electron chi connectivity index (χ0n) is 26.3. The van der Waals surface area contributed by atoms with E-state index in [4.69, 9.17) is 4.74 Å². The van der Waals surface area contributed by atoms with Gasteiger partial charge in [-0.2, -0.15) is 5.26 Å². The molecule has 2 aliphatic rings. The van der Waals surface area contributed by atoms with Crippen molar-refractivity contribution in [1.82, 2.24) is 25.8 Å². The number of likely N-dealkylation sites (tertiary alicyclic amines) is 1. The predicted molar refractivity (Wildman–Crippen MR) is 166 cm³/mol. The molecule has 1 saturated carbocycles. The van der Waals surface area contributed by atoms with E-state index in [-0.39, 0.29) is 30.5 Å². The number of fused-ring (bicyclic) bond motifs is 1. The number of para-hydroxylation sites is 1. The molecule has 238 valence electrons. The van der Waals surface area contributed by atoms with Gasteiger partial charge in [-0.25, -0.2) is 9.59 Å². The van der Waals surface area contributed by atoms with Gasteiger partial charge in [0, 0.05) is 29.4 Å². The normalized spacial score (nSPS) is 20.8. The molecule has 0 spiro atoms. The fraction of sp³-hybridized carbons (Fsp3) is 0.606. The van der Waals surface area contributed by atoms with Gasteiger partial charge in [-0.05, 0) is 69.9 Å². The van der Waals surface area contributed by atoms with Crippen LogP contribution in [0.3, 0.4) is 0 Å². The van der Waals surface area contributed by atoms with Crippen molar-refractivity contribution in [2.75, 3.05) is 7.11 Å². The number of carbonyl (C=O) groups excluding carboxylic acids is 4. The summed E-state index contributed by atoms with van der Waals surface area (Å²) in [7, 11) is 1.26. The minimum Gasteiger partial charge on any atom is -0.467 e. The number of hydrogen-bond donors (Lipinski definition) is 4. The Morgan fingerprint density at radius 3 is 2.27 bits per heavy atom. The molecular weight excluding hydrogens is 560 g/mol. The largest absolute Gasteiger partial charge is 0.467 e. The second-order valence-corrected chi connectivity index (χ2v) is 12.3. The van der Waals surface area contributed by atoms with Gasteiger partial charge in [-0.1, -0.05) is 44.4 Å². The molecule has 4 amide bonds. The molecule has 0 bridgehead atoms. The van der Waals surface area contributed by atoms with Crippen molar-refractivity contribution >= 4 is 34.7 Å². The van der Waals surface area contributed by atoms with Crippen molar-refractivity contribution in [1.29, 1.82) is 5.26 Å². The fourth-order valence-electron chi connectivity index (χ4n) is 6.85. The first-order valence-electron chi connectivity index (χ1n) is 16.0. The topological polar surface area (TPSA) is 156 Å². The van der Waals surface area contributed by atoms with Crippen LogP contribution in [0.15, 0.2) is 24.3 Å². The van der Waals surface area contributed by atoms with Gasteiger partial charge in [-0.3, -0.25) is 9.59 Å². The van der Waals surface area contributed by atoms with E-state index in [9.17, 15) is 24.4 Å². The number of hydrogen-bond acceptors (Lipinski definition) is 6. The Morgan fingerprint density at radius 1 is 0.977 bits per heavy atom. The number of nitriles is 1. The quantitative estimate of drug-likeness (QED) is 0.283. The van der Waals surface area contributed by atoms with E-state index in [1.807, 2.05) is 49.9 Å². The molecule has 0 radical (unpaired) electrons. The minimum absolute atomic E-state index is 0.00994. The van der Waals surface area contributed by atoms with Gasteiger partial charge in [0.1, 0.15) is 29.9 Å². The number of nitrogens with zero attached hydrogens (tertiary/aromatic N) is 2. The molecule has 1 aliphatic heterocycles. The third-order valence-corrected chi connectivity index (χ3v) is 9.21. The zero-order valence-corrected chi connectivity index (χ0v) is 26.3. The summed E-state index contributed by atoms with van der Waals surface area (Å²) >= 11 is 0. The second kappa shape index (κ2) is 15.1.